The third-order valence-electron chi connectivity index (χ3n) is 4.80. The second-order valence-corrected chi connectivity index (χ2v) is 6.71. The fourth-order valence-corrected chi connectivity index (χ4v) is 3.50. The van der Waals surface area contributed by atoms with E-state index in [1.54, 1.807) is 38.1 Å². The molecule has 0 radical (unpaired) electrons. The Morgan fingerprint density at radius 3 is 2.19 bits per heavy atom. The maximum atomic E-state index is 12.5. The van der Waals surface area contributed by atoms with E-state index in [1.165, 1.54) is 6.92 Å². The fourth-order valence-electron chi connectivity index (χ4n) is 3.50. The van der Waals surface area contributed by atoms with E-state index in [-0.39, 0.29) is 17.6 Å². The first kappa shape index (κ1) is 17.9. The zero-order valence-electron chi connectivity index (χ0n) is 15.3. The average Bonchev–Trinajstić information content (AvgIpc) is 3.23. The number of rotatable bonds is 4. The van der Waals surface area contributed by atoms with E-state index in [2.05, 4.69) is 10.3 Å². The lowest BCUT2D eigenvalue weighted by atomic mass is 10.1. The van der Waals surface area contributed by atoms with Crippen LogP contribution in [0.1, 0.15) is 62.2 Å². The van der Waals surface area contributed by atoms with Gasteiger partial charge >= 0.3 is 0 Å². The van der Waals surface area contributed by atoms with Gasteiger partial charge in [-0.1, -0.05) is 0 Å². The molecule has 1 saturated heterocycles. The summed E-state index contributed by atoms with van der Waals surface area (Å²) in [6.45, 7) is 6.63. The second-order valence-electron chi connectivity index (χ2n) is 6.71. The van der Waals surface area contributed by atoms with Crippen LogP contribution in [0.4, 0.5) is 5.69 Å². The number of Topliss-reactive ketones (excluding diaryl/α,β-unsaturated/α-hetero) is 1. The predicted octanol–water partition coefficient (Wildman–Crippen LogP) is 3.32. The van der Waals surface area contributed by atoms with Crippen LogP contribution in [0.15, 0.2) is 24.3 Å². The van der Waals surface area contributed by atoms with Crippen LogP contribution in [0, 0.1) is 13.8 Å². The highest BCUT2D eigenvalue weighted by Crippen LogP contribution is 2.20. The molecule has 0 atom stereocenters. The number of benzene rings is 1. The van der Waals surface area contributed by atoms with Crippen molar-refractivity contribution >= 4 is 23.3 Å². The Kier molecular flexibility index (Phi) is 4.93. The highest BCUT2D eigenvalue weighted by atomic mass is 16.2. The Balaban J connectivity index is 1.73. The predicted molar refractivity (Wildman–Crippen MR) is 99.8 cm³/mol. The van der Waals surface area contributed by atoms with Gasteiger partial charge < -0.3 is 15.2 Å². The normalized spacial score (nSPS) is 13.7. The average molecular weight is 353 g/mol. The van der Waals surface area contributed by atoms with Crippen LogP contribution in [-0.4, -0.2) is 40.6 Å². The molecule has 2 amide bonds. The maximum Gasteiger partial charge on any atom is 0.272 e. The first-order valence-electron chi connectivity index (χ1n) is 8.79. The van der Waals surface area contributed by atoms with E-state index in [0.717, 1.165) is 25.9 Å². The smallest absolute Gasteiger partial charge is 0.272 e. The van der Waals surface area contributed by atoms with Gasteiger partial charge in [0.2, 0.25) is 0 Å². The molecule has 0 aliphatic carbocycles. The molecule has 2 N–H and O–H groups in total. The number of H-pyrrole nitrogens is 1. The van der Waals surface area contributed by atoms with Crippen molar-refractivity contribution in [1.29, 1.82) is 0 Å². The maximum absolute atomic E-state index is 12.5. The molecular weight excluding hydrogens is 330 g/mol. The number of aromatic amines is 1. The van der Waals surface area contributed by atoms with Gasteiger partial charge in [0, 0.05) is 35.6 Å². The Morgan fingerprint density at radius 2 is 1.65 bits per heavy atom. The lowest BCUT2D eigenvalue weighted by molar-refractivity contribution is 0.0792. The zero-order chi connectivity index (χ0) is 18.8. The number of aromatic nitrogens is 1. The summed E-state index contributed by atoms with van der Waals surface area (Å²) in [6.07, 6.45) is 2.11. The third-order valence-corrected chi connectivity index (χ3v) is 4.80. The number of nitrogens with zero attached hydrogens (tertiary/aromatic N) is 1. The minimum Gasteiger partial charge on any atom is -0.354 e. The number of hydrogen-bond donors (Lipinski definition) is 2. The van der Waals surface area contributed by atoms with Crippen LogP contribution >= 0.6 is 0 Å². The monoisotopic (exact) mass is 353 g/mol. The zero-order valence-corrected chi connectivity index (χ0v) is 15.3. The Bertz CT molecular complexity index is 859. The van der Waals surface area contributed by atoms with Crippen molar-refractivity contribution < 1.29 is 14.4 Å². The quantitative estimate of drug-likeness (QED) is 0.827. The molecule has 2 heterocycles. The molecule has 1 fully saturated rings. The number of hydrogen-bond acceptors (Lipinski definition) is 3. The molecule has 1 aromatic heterocycles. The summed E-state index contributed by atoms with van der Waals surface area (Å²) in [7, 11) is 0. The van der Waals surface area contributed by atoms with Gasteiger partial charge in [0.15, 0.2) is 5.78 Å². The lowest BCUT2D eigenvalue weighted by Gasteiger charge is -2.15. The number of amides is 2. The molecule has 0 saturated carbocycles. The van der Waals surface area contributed by atoms with Gasteiger partial charge in [-0.15, -0.1) is 0 Å². The standard InChI is InChI=1S/C20H23N3O3/c1-12-17(14(3)24)13(2)21-18(12)19(25)22-16-8-6-15(7-9-16)20(26)23-10-4-5-11-23/h6-9,21H,4-5,10-11H2,1-3H3,(H,22,25). The van der Waals surface area contributed by atoms with Crippen LogP contribution in [0.2, 0.25) is 0 Å². The molecule has 1 aliphatic rings. The number of ketones is 1. The third kappa shape index (κ3) is 3.40. The van der Waals surface area contributed by atoms with Gasteiger partial charge in [0.05, 0.1) is 0 Å². The summed E-state index contributed by atoms with van der Waals surface area (Å²) in [5.74, 6) is -0.348. The summed E-state index contributed by atoms with van der Waals surface area (Å²) in [4.78, 5) is 41.4. The van der Waals surface area contributed by atoms with Crippen LogP contribution in [0.3, 0.4) is 0 Å². The van der Waals surface area contributed by atoms with Crippen molar-refractivity contribution in [2.24, 2.45) is 0 Å². The Labute approximate surface area is 152 Å². The SMILES string of the molecule is CC(=O)c1c(C)[nH]c(C(=O)Nc2ccc(C(=O)N3CCCC3)cc2)c1C. The molecule has 2 aromatic rings. The van der Waals surface area contributed by atoms with Crippen molar-refractivity contribution in [2.45, 2.75) is 33.6 Å². The topological polar surface area (TPSA) is 82.3 Å². The van der Waals surface area contributed by atoms with E-state index in [0.29, 0.717) is 33.8 Å². The van der Waals surface area contributed by atoms with E-state index >= 15 is 0 Å². The highest BCUT2D eigenvalue weighted by molar-refractivity contribution is 6.07. The Morgan fingerprint density at radius 1 is 1.04 bits per heavy atom. The van der Waals surface area contributed by atoms with Gasteiger partial charge in [0.1, 0.15) is 5.69 Å². The van der Waals surface area contributed by atoms with Crippen molar-refractivity contribution in [3.63, 3.8) is 0 Å². The molecule has 26 heavy (non-hydrogen) atoms. The van der Waals surface area contributed by atoms with Gasteiger partial charge in [-0.05, 0) is 63.4 Å². The minimum atomic E-state index is -0.309. The molecule has 136 valence electrons. The summed E-state index contributed by atoms with van der Waals surface area (Å²) < 4.78 is 0. The molecule has 0 unspecified atom stereocenters. The second kappa shape index (κ2) is 7.15. The van der Waals surface area contributed by atoms with Gasteiger partial charge in [-0.25, -0.2) is 0 Å². The van der Waals surface area contributed by atoms with E-state index < -0.39 is 0 Å². The van der Waals surface area contributed by atoms with Gasteiger partial charge in [-0.2, -0.15) is 0 Å². The minimum absolute atomic E-state index is 0.0299. The summed E-state index contributed by atoms with van der Waals surface area (Å²) in [5.41, 5.74) is 3.49. The molecule has 0 spiro atoms. The fraction of sp³-hybridized carbons (Fsp3) is 0.350. The van der Waals surface area contributed by atoms with E-state index in [9.17, 15) is 14.4 Å². The van der Waals surface area contributed by atoms with Crippen molar-refractivity contribution in [3.05, 3.63) is 52.3 Å². The number of likely N-dealkylation sites (tertiary alicyclic amines) is 1. The molecule has 1 aromatic carbocycles. The van der Waals surface area contributed by atoms with E-state index in [4.69, 9.17) is 0 Å². The van der Waals surface area contributed by atoms with Crippen molar-refractivity contribution in [1.82, 2.24) is 9.88 Å². The van der Waals surface area contributed by atoms with E-state index in [1.807, 2.05) is 4.90 Å². The molecule has 6 heteroatoms. The van der Waals surface area contributed by atoms with Crippen LogP contribution in [0.5, 0.6) is 0 Å². The van der Waals surface area contributed by atoms with Crippen molar-refractivity contribution in [3.8, 4) is 0 Å². The first-order valence-corrected chi connectivity index (χ1v) is 8.79. The lowest BCUT2D eigenvalue weighted by Crippen LogP contribution is -2.27. The highest BCUT2D eigenvalue weighted by Gasteiger charge is 2.21. The molecule has 3 rings (SSSR count). The molecule has 6 nitrogen and oxygen atoms in total. The number of nitrogens with one attached hydrogen (secondary N) is 2. The van der Waals surface area contributed by atoms with Crippen LogP contribution in [-0.2, 0) is 0 Å². The number of carbonyl (C=O) groups excluding carboxylic acids is 3. The number of anilines is 1. The van der Waals surface area contributed by atoms with Crippen LogP contribution < -0.4 is 5.32 Å². The van der Waals surface area contributed by atoms with Crippen LogP contribution in [0.25, 0.3) is 0 Å². The van der Waals surface area contributed by atoms with Crippen molar-refractivity contribution in [2.75, 3.05) is 18.4 Å². The molecule has 1 aliphatic heterocycles. The number of carbonyl (C=O) groups is 3. The summed E-state index contributed by atoms with van der Waals surface area (Å²) in [5, 5.41) is 2.81. The summed E-state index contributed by atoms with van der Waals surface area (Å²) >= 11 is 0. The largest absolute Gasteiger partial charge is 0.354 e. The first-order chi connectivity index (χ1) is 12.4. The van der Waals surface area contributed by atoms with Gasteiger partial charge in [-0.3, -0.25) is 14.4 Å². The van der Waals surface area contributed by atoms with Gasteiger partial charge in [0.25, 0.3) is 11.8 Å². The summed E-state index contributed by atoms with van der Waals surface area (Å²) in [6, 6.07) is 6.89. The molecule has 0 bridgehead atoms. The Hall–Kier alpha value is -2.89. The molecular formula is C20H23N3O3. The number of aryl methyl sites for hydroxylation is 1.